The molecule has 40 heavy (non-hydrogen) atoms. The highest BCUT2D eigenvalue weighted by Gasteiger charge is 2.28. The van der Waals surface area contributed by atoms with Crippen molar-refractivity contribution in [2.75, 3.05) is 20.2 Å². The van der Waals surface area contributed by atoms with Crippen LogP contribution in [-0.2, 0) is 27.3 Å². The van der Waals surface area contributed by atoms with Crippen LogP contribution in [0.5, 0.6) is 5.75 Å². The van der Waals surface area contributed by atoms with Crippen molar-refractivity contribution in [2.45, 2.75) is 77.4 Å². The van der Waals surface area contributed by atoms with Gasteiger partial charge in [0.15, 0.2) is 0 Å². The van der Waals surface area contributed by atoms with E-state index < -0.39 is 6.04 Å². The molecule has 2 heterocycles. The predicted molar refractivity (Wildman–Crippen MR) is 157 cm³/mol. The molecule has 214 valence electrons. The van der Waals surface area contributed by atoms with Crippen LogP contribution in [0.25, 0.3) is 10.9 Å². The van der Waals surface area contributed by atoms with E-state index in [9.17, 15) is 14.4 Å². The number of fused-ring (bicyclic) bond motifs is 1. The van der Waals surface area contributed by atoms with E-state index in [1.54, 1.807) is 14.0 Å². The number of unbranched alkanes of at least 4 members (excludes halogenated alkanes) is 2. The van der Waals surface area contributed by atoms with Crippen LogP contribution in [0.4, 0.5) is 0 Å². The molecule has 0 radical (unpaired) electrons. The van der Waals surface area contributed by atoms with Crippen molar-refractivity contribution in [3.8, 4) is 5.75 Å². The van der Waals surface area contributed by atoms with Crippen LogP contribution in [0, 0.1) is 6.92 Å². The first kappa shape index (κ1) is 29.3. The molecule has 1 fully saturated rings. The molecule has 0 spiro atoms. The number of amides is 2. The Morgan fingerprint density at radius 2 is 1.90 bits per heavy atom. The lowest BCUT2D eigenvalue weighted by atomic mass is 10.0. The Labute approximate surface area is 236 Å². The number of carbonyl (C=O) groups is 3. The lowest BCUT2D eigenvalue weighted by Gasteiger charge is -2.22. The summed E-state index contributed by atoms with van der Waals surface area (Å²) in [5, 5.41) is 7.17. The standard InChI is InChI=1S/C32H42N4O4/c1-22(37)10-6-4-9-13-30(32(39)34-25-16-17-36(21-25)20-24-11-7-5-8-12-24)35-31(38)19-27-23(2)33-29-15-14-26(40-3)18-28(27)29/h5,7-8,11-12,14-15,18,25,30,33H,4,6,9-10,13,16-17,19-21H2,1-3H3,(H,34,39)(H,35,38)/t25-,30?/m0/s1. The van der Waals surface area contributed by atoms with Crippen LogP contribution < -0.4 is 15.4 Å². The van der Waals surface area contributed by atoms with Gasteiger partial charge in [-0.3, -0.25) is 14.5 Å². The summed E-state index contributed by atoms with van der Waals surface area (Å²) in [4.78, 5) is 43.7. The second-order valence-electron chi connectivity index (χ2n) is 11.0. The molecule has 1 aliphatic heterocycles. The predicted octanol–water partition coefficient (Wildman–Crippen LogP) is 4.44. The number of methoxy groups -OCH3 is 1. The van der Waals surface area contributed by atoms with Crippen molar-refractivity contribution in [1.82, 2.24) is 20.5 Å². The quantitative estimate of drug-likeness (QED) is 0.259. The van der Waals surface area contributed by atoms with E-state index in [1.165, 1.54) is 5.56 Å². The first-order chi connectivity index (χ1) is 19.3. The number of likely N-dealkylation sites (tertiary alicyclic amines) is 1. The summed E-state index contributed by atoms with van der Waals surface area (Å²) in [6.07, 6.45) is 4.54. The molecule has 0 saturated carbocycles. The number of aromatic nitrogens is 1. The number of hydrogen-bond donors (Lipinski definition) is 3. The van der Waals surface area contributed by atoms with Crippen LogP contribution in [0.1, 0.15) is 62.3 Å². The molecule has 3 N–H and O–H groups in total. The lowest BCUT2D eigenvalue weighted by molar-refractivity contribution is -0.129. The third-order valence-corrected chi connectivity index (χ3v) is 7.71. The largest absolute Gasteiger partial charge is 0.497 e. The Hall–Kier alpha value is -3.65. The summed E-state index contributed by atoms with van der Waals surface area (Å²) in [5.41, 5.74) is 4.03. The van der Waals surface area contributed by atoms with Crippen molar-refractivity contribution < 1.29 is 19.1 Å². The minimum atomic E-state index is -0.618. The normalized spacial score (nSPS) is 16.1. The van der Waals surface area contributed by atoms with Crippen molar-refractivity contribution in [3.63, 3.8) is 0 Å². The van der Waals surface area contributed by atoms with Gasteiger partial charge in [0.25, 0.3) is 0 Å². The SMILES string of the molecule is COc1ccc2[nH]c(C)c(CC(=O)NC(CCCCCC(C)=O)C(=O)N[C@H]3CCN(Cc4ccccc4)C3)c2c1. The molecule has 0 bridgehead atoms. The number of ether oxygens (including phenoxy) is 1. The number of aromatic amines is 1. The van der Waals surface area contributed by atoms with E-state index in [2.05, 4.69) is 32.7 Å². The Morgan fingerprint density at radius 3 is 2.65 bits per heavy atom. The van der Waals surface area contributed by atoms with Crippen molar-refractivity contribution in [1.29, 1.82) is 0 Å². The van der Waals surface area contributed by atoms with Gasteiger partial charge in [-0.05, 0) is 62.4 Å². The fourth-order valence-corrected chi connectivity index (χ4v) is 5.53. The lowest BCUT2D eigenvalue weighted by Crippen LogP contribution is -2.50. The van der Waals surface area contributed by atoms with Crippen molar-refractivity contribution in [3.05, 3.63) is 65.4 Å². The van der Waals surface area contributed by atoms with Crippen LogP contribution in [0.2, 0.25) is 0 Å². The highest BCUT2D eigenvalue weighted by atomic mass is 16.5. The zero-order chi connectivity index (χ0) is 28.5. The van der Waals surface area contributed by atoms with Crippen LogP contribution >= 0.6 is 0 Å². The molecular weight excluding hydrogens is 504 g/mol. The maximum atomic E-state index is 13.4. The fraction of sp³-hybridized carbons (Fsp3) is 0.469. The van der Waals surface area contributed by atoms with Gasteiger partial charge in [0.05, 0.1) is 13.5 Å². The highest BCUT2D eigenvalue weighted by Crippen LogP contribution is 2.27. The van der Waals surface area contributed by atoms with Gasteiger partial charge < -0.3 is 25.1 Å². The number of rotatable bonds is 14. The Balaban J connectivity index is 1.37. The van der Waals surface area contributed by atoms with E-state index in [4.69, 9.17) is 4.74 Å². The van der Waals surface area contributed by atoms with Gasteiger partial charge in [0.2, 0.25) is 11.8 Å². The summed E-state index contributed by atoms with van der Waals surface area (Å²) in [7, 11) is 1.62. The third-order valence-electron chi connectivity index (χ3n) is 7.71. The minimum absolute atomic E-state index is 0.0525. The first-order valence-corrected chi connectivity index (χ1v) is 14.3. The average Bonchev–Trinajstić information content (AvgIpc) is 3.50. The third kappa shape index (κ3) is 8.18. The number of nitrogens with zero attached hydrogens (tertiary/aromatic N) is 1. The van der Waals surface area contributed by atoms with E-state index >= 15 is 0 Å². The molecule has 1 aliphatic rings. The monoisotopic (exact) mass is 546 g/mol. The van der Waals surface area contributed by atoms with Gasteiger partial charge >= 0.3 is 0 Å². The number of ketones is 1. The van der Waals surface area contributed by atoms with Gasteiger partial charge in [-0.15, -0.1) is 0 Å². The number of hydrogen-bond acceptors (Lipinski definition) is 5. The van der Waals surface area contributed by atoms with E-state index in [0.717, 1.165) is 73.2 Å². The van der Waals surface area contributed by atoms with E-state index in [1.807, 2.05) is 43.3 Å². The molecular formula is C32H42N4O4. The molecule has 1 unspecified atom stereocenters. The highest BCUT2D eigenvalue weighted by molar-refractivity contribution is 5.93. The molecule has 8 heteroatoms. The first-order valence-electron chi connectivity index (χ1n) is 14.3. The molecule has 1 saturated heterocycles. The van der Waals surface area contributed by atoms with Crippen LogP contribution in [0.15, 0.2) is 48.5 Å². The minimum Gasteiger partial charge on any atom is -0.497 e. The summed E-state index contributed by atoms with van der Waals surface area (Å²) in [6, 6.07) is 15.5. The van der Waals surface area contributed by atoms with Gasteiger partial charge in [-0.1, -0.05) is 43.2 Å². The molecule has 2 aromatic carbocycles. The summed E-state index contributed by atoms with van der Waals surface area (Å²) < 4.78 is 5.38. The molecule has 3 aromatic rings. The molecule has 8 nitrogen and oxygen atoms in total. The zero-order valence-corrected chi connectivity index (χ0v) is 23.9. The van der Waals surface area contributed by atoms with Gasteiger partial charge in [-0.2, -0.15) is 0 Å². The summed E-state index contributed by atoms with van der Waals surface area (Å²) >= 11 is 0. The number of aryl methyl sites for hydroxylation is 1. The van der Waals surface area contributed by atoms with Gasteiger partial charge in [0, 0.05) is 48.7 Å². The number of carbonyl (C=O) groups excluding carboxylic acids is 3. The molecule has 1 aromatic heterocycles. The molecule has 0 aliphatic carbocycles. The van der Waals surface area contributed by atoms with Crippen LogP contribution in [0.3, 0.4) is 0 Å². The van der Waals surface area contributed by atoms with Crippen molar-refractivity contribution >= 4 is 28.5 Å². The summed E-state index contributed by atoms with van der Waals surface area (Å²) in [5.74, 6) is 0.583. The van der Waals surface area contributed by atoms with Gasteiger partial charge in [0.1, 0.15) is 17.6 Å². The molecule has 2 amide bonds. The number of Topliss-reactive ketones (excluding diaryl/α,β-unsaturated/α-hetero) is 1. The number of benzene rings is 2. The maximum absolute atomic E-state index is 13.4. The van der Waals surface area contributed by atoms with Gasteiger partial charge in [-0.25, -0.2) is 0 Å². The number of nitrogens with one attached hydrogen (secondary N) is 3. The Morgan fingerprint density at radius 1 is 1.10 bits per heavy atom. The Kier molecular flexibility index (Phi) is 10.4. The smallest absolute Gasteiger partial charge is 0.242 e. The van der Waals surface area contributed by atoms with E-state index in [-0.39, 0.29) is 30.1 Å². The van der Waals surface area contributed by atoms with Crippen molar-refractivity contribution in [2.24, 2.45) is 0 Å². The maximum Gasteiger partial charge on any atom is 0.242 e. The van der Waals surface area contributed by atoms with E-state index in [0.29, 0.717) is 12.8 Å². The zero-order valence-electron chi connectivity index (χ0n) is 23.9. The summed E-state index contributed by atoms with van der Waals surface area (Å²) in [6.45, 7) is 6.12. The topological polar surface area (TPSA) is 104 Å². The second-order valence-corrected chi connectivity index (χ2v) is 11.0. The second kappa shape index (κ2) is 14.1. The molecule has 4 rings (SSSR count). The van der Waals surface area contributed by atoms with Crippen LogP contribution in [-0.4, -0.2) is 59.8 Å². The molecule has 2 atom stereocenters. The average molecular weight is 547 g/mol. The fourth-order valence-electron chi connectivity index (χ4n) is 5.53. The number of H-pyrrole nitrogens is 1. The Bertz CT molecular complexity index is 1300.